The maximum Gasteiger partial charge on any atom is 0.136 e. The Morgan fingerprint density at radius 3 is 0.875 bits per heavy atom. The number of para-hydroxylation sites is 6. The number of benzene rings is 22. The van der Waals surface area contributed by atoms with Crippen LogP contribution in [0.15, 0.2) is 492 Å². The molecule has 0 aliphatic rings. The van der Waals surface area contributed by atoms with Crippen LogP contribution in [-0.2, 0) is 0 Å². The highest BCUT2D eigenvalue weighted by atomic mass is 32.1. The molecule has 31 rings (SSSR count). The number of hydrogen-bond acceptors (Lipinski definition) is 9. The van der Waals surface area contributed by atoms with E-state index >= 15 is 0 Å². The molecule has 6 nitrogen and oxygen atoms in total. The summed E-state index contributed by atoms with van der Waals surface area (Å²) in [5.41, 5.74) is 31.1. The second kappa shape index (κ2) is 33.9. The van der Waals surface area contributed by atoms with E-state index in [1.165, 1.54) is 138 Å². The third-order valence-corrected chi connectivity index (χ3v) is 32.5. The minimum Gasteiger partial charge on any atom is -0.456 e. The molecule has 9 aromatic heterocycles. The van der Waals surface area contributed by atoms with Crippen molar-refractivity contribution in [3.8, 4) is 112 Å². The predicted molar refractivity (Wildman–Crippen MR) is 613 cm³/mol. The Morgan fingerprint density at radius 1 is 0.146 bits per heavy atom. The summed E-state index contributed by atoms with van der Waals surface area (Å²) in [6.07, 6.45) is 0. The molecule has 0 fully saturated rings. The van der Waals surface area contributed by atoms with E-state index in [9.17, 15) is 0 Å². The van der Waals surface area contributed by atoms with Crippen LogP contribution in [0.25, 0.3) is 303 Å². The van der Waals surface area contributed by atoms with Gasteiger partial charge in [0.15, 0.2) is 0 Å². The van der Waals surface area contributed by atoms with Crippen molar-refractivity contribution in [2.45, 2.75) is 0 Å². The van der Waals surface area contributed by atoms with E-state index < -0.39 is 0 Å². The van der Waals surface area contributed by atoms with Gasteiger partial charge in [-0.2, -0.15) is 0 Å². The van der Waals surface area contributed by atoms with Crippen molar-refractivity contribution in [3.63, 3.8) is 0 Å². The average Bonchev–Trinajstić information content (AvgIpc) is 1.17. The SMILES string of the molecule is c1ccc(-c2nc3ccccc3c3c(-c4ccc(-c5ccc(-c6cccc7c6sc6ccccc67)cc5)cc4)c4c(cc23)oc2ccccc24)cc1.c1ccc(-c2nc3ccccc3c3c(-c4ccc(-c5ccc6sc7ccccc7c6c5)cc4)c4c(cc23)oc2ccccc24)cc1.c1ccc(-c2nc3ccccc3c3c(-c4ccc(-c5cccc6sc7ccccc7c56)cc4)c4c(cc23)oc2ccccc24)cc1. The second-order valence-electron chi connectivity index (χ2n) is 37.1. The van der Waals surface area contributed by atoms with E-state index in [0.717, 1.165) is 165 Å². The van der Waals surface area contributed by atoms with Gasteiger partial charge in [-0.05, 0) is 152 Å². The minimum atomic E-state index is 0.867. The molecule has 0 amide bonds. The molecule has 0 radical (unpaired) electrons. The predicted octanol–water partition coefficient (Wildman–Crippen LogP) is 39.6. The molecule has 9 heteroatoms. The Labute approximate surface area is 837 Å². The summed E-state index contributed by atoms with van der Waals surface area (Å²) in [6.45, 7) is 0. The van der Waals surface area contributed by atoms with E-state index in [4.69, 9.17) is 28.2 Å². The standard InChI is InChI=1S/C49H29NOS.2C43H25NOS/c1-2-11-34(12-3-1)48-40-29-43-47(39-15-5-8-19-42(39)51-43)45(46(40)38-14-4-7-18-41(38)50-48)33-27-23-31(24-28-33)30-21-25-32(26-22-30)35-16-10-17-37-36-13-6-9-20-44(36)52-49(35)37;1-2-11-28(12-3-1)43-33-25-36-42(31-14-5-8-18-35(31)45-36)39(41(33)30-13-4-7-17-34(30)44-43)27-23-21-26(22-24-27)29-16-10-20-38-40(29)32-15-6-9-19-37(32)46-38;1-2-10-28(11-3-1)43-34-25-37-42(32-14-5-8-16-36(32)45-37)40(41(34)31-13-4-7-15-35(31)44-43)27-20-18-26(19-21-27)29-22-23-39-33(24-29)30-12-6-9-17-38(30)46-39/h1-29H;2*1-25H. The lowest BCUT2D eigenvalue weighted by Gasteiger charge is -2.16. The minimum absolute atomic E-state index is 0.867. The Bertz CT molecular complexity index is 10700. The molecule has 670 valence electrons. The van der Waals surface area contributed by atoms with Crippen LogP contribution in [0, 0.1) is 0 Å². The van der Waals surface area contributed by atoms with Gasteiger partial charge in [0.25, 0.3) is 0 Å². The van der Waals surface area contributed by atoms with E-state index in [0.29, 0.717) is 0 Å². The lowest BCUT2D eigenvalue weighted by molar-refractivity contribution is 0.669. The van der Waals surface area contributed by atoms with Gasteiger partial charge in [-0.15, -0.1) is 34.0 Å². The van der Waals surface area contributed by atoms with Gasteiger partial charge < -0.3 is 13.3 Å². The van der Waals surface area contributed by atoms with Crippen molar-refractivity contribution >= 4 is 225 Å². The number of fused-ring (bicyclic) bond motifs is 27. The summed E-state index contributed by atoms with van der Waals surface area (Å²) in [5, 5.41) is 24.9. The zero-order valence-electron chi connectivity index (χ0n) is 77.4. The van der Waals surface area contributed by atoms with Gasteiger partial charge >= 0.3 is 0 Å². The molecule has 31 aromatic rings. The van der Waals surface area contributed by atoms with Crippen molar-refractivity contribution in [2.24, 2.45) is 0 Å². The summed E-state index contributed by atoms with van der Waals surface area (Å²) in [4.78, 5) is 15.7. The van der Waals surface area contributed by atoms with Gasteiger partial charge in [0.05, 0.1) is 33.6 Å². The number of aromatic nitrogens is 3. The molecule has 0 spiro atoms. The number of hydrogen-bond donors (Lipinski definition) is 0. The maximum absolute atomic E-state index is 6.58. The maximum atomic E-state index is 6.58. The third-order valence-electron chi connectivity index (χ3n) is 29.0. The monoisotopic (exact) mass is 1890 g/mol. The van der Waals surface area contributed by atoms with Gasteiger partial charge in [-0.1, -0.05) is 388 Å². The molecule has 0 aliphatic heterocycles. The van der Waals surface area contributed by atoms with Crippen LogP contribution in [0.3, 0.4) is 0 Å². The summed E-state index contributed by atoms with van der Waals surface area (Å²) >= 11 is 5.59. The highest BCUT2D eigenvalue weighted by Gasteiger charge is 2.28. The lowest BCUT2D eigenvalue weighted by Crippen LogP contribution is -1.93. The summed E-state index contributed by atoms with van der Waals surface area (Å²) in [6, 6.07) is 171. The van der Waals surface area contributed by atoms with Crippen LogP contribution < -0.4 is 0 Å². The summed E-state index contributed by atoms with van der Waals surface area (Å²) < 4.78 is 27.7. The molecular weight excluding hydrogens is 1810 g/mol. The molecule has 0 N–H and O–H groups in total. The van der Waals surface area contributed by atoms with Crippen molar-refractivity contribution in [1.29, 1.82) is 0 Å². The average molecular weight is 1890 g/mol. The Balaban J connectivity index is 0.000000103. The number of thiophene rings is 3. The van der Waals surface area contributed by atoms with Gasteiger partial charge in [0.1, 0.15) is 33.5 Å². The summed E-state index contributed by atoms with van der Waals surface area (Å²) in [7, 11) is 0. The van der Waals surface area contributed by atoms with Crippen molar-refractivity contribution in [3.05, 3.63) is 479 Å². The molecule has 0 atom stereocenters. The lowest BCUT2D eigenvalue weighted by atomic mass is 9.88. The van der Waals surface area contributed by atoms with Crippen LogP contribution >= 0.6 is 34.0 Å². The van der Waals surface area contributed by atoms with Crippen molar-refractivity contribution in [2.75, 3.05) is 0 Å². The molecule has 0 aliphatic carbocycles. The second-order valence-corrected chi connectivity index (χ2v) is 40.4. The van der Waals surface area contributed by atoms with Gasteiger partial charge in [0, 0.05) is 175 Å². The van der Waals surface area contributed by atoms with E-state index in [1.807, 2.05) is 52.2 Å². The van der Waals surface area contributed by atoms with Gasteiger partial charge in [-0.25, -0.2) is 15.0 Å². The Hall–Kier alpha value is -18.1. The smallest absolute Gasteiger partial charge is 0.136 e. The van der Waals surface area contributed by atoms with Crippen LogP contribution in [0.1, 0.15) is 0 Å². The number of nitrogens with zero attached hydrogens (tertiary/aromatic N) is 3. The van der Waals surface area contributed by atoms with E-state index in [1.54, 1.807) is 0 Å². The van der Waals surface area contributed by atoms with Crippen LogP contribution in [0.2, 0.25) is 0 Å². The normalized spacial score (nSPS) is 11.9. The largest absolute Gasteiger partial charge is 0.456 e. The Kier molecular flexibility index (Phi) is 19.5. The zero-order chi connectivity index (χ0) is 94.6. The molecule has 9 heterocycles. The fourth-order valence-corrected chi connectivity index (χ4v) is 25.9. The molecule has 22 aromatic carbocycles. The highest BCUT2D eigenvalue weighted by molar-refractivity contribution is 7.27. The number of pyridine rings is 3. The van der Waals surface area contributed by atoms with Crippen molar-refractivity contribution in [1.82, 2.24) is 15.0 Å². The zero-order valence-corrected chi connectivity index (χ0v) is 79.9. The fourth-order valence-electron chi connectivity index (χ4n) is 22.5. The molecule has 0 saturated heterocycles. The first kappa shape index (κ1) is 82.9. The Morgan fingerprint density at radius 2 is 0.438 bits per heavy atom. The fraction of sp³-hybridized carbons (Fsp3) is 0. The number of rotatable bonds is 10. The molecule has 0 unspecified atom stereocenters. The quantitative estimate of drug-likeness (QED) is 0.127. The molecule has 0 bridgehead atoms. The highest BCUT2D eigenvalue weighted by Crippen LogP contribution is 2.54. The van der Waals surface area contributed by atoms with E-state index in [2.05, 4.69) is 461 Å². The first-order chi connectivity index (χ1) is 71.4. The number of furan rings is 3. The molecule has 0 saturated carbocycles. The summed E-state index contributed by atoms with van der Waals surface area (Å²) in [5.74, 6) is 0. The van der Waals surface area contributed by atoms with Crippen LogP contribution in [0.5, 0.6) is 0 Å². The molecular formula is C135H79N3O3S3. The van der Waals surface area contributed by atoms with Crippen molar-refractivity contribution < 1.29 is 13.3 Å². The van der Waals surface area contributed by atoms with Gasteiger partial charge in [0.2, 0.25) is 0 Å². The third kappa shape index (κ3) is 13.7. The van der Waals surface area contributed by atoms with Crippen LogP contribution in [0.4, 0.5) is 0 Å². The topological polar surface area (TPSA) is 78.1 Å². The molecule has 144 heavy (non-hydrogen) atoms. The van der Waals surface area contributed by atoms with Crippen LogP contribution in [-0.4, -0.2) is 15.0 Å². The van der Waals surface area contributed by atoms with E-state index in [-0.39, 0.29) is 0 Å². The first-order valence-electron chi connectivity index (χ1n) is 48.7. The first-order valence-corrected chi connectivity index (χ1v) is 51.2. The van der Waals surface area contributed by atoms with Gasteiger partial charge in [-0.3, -0.25) is 0 Å².